The van der Waals surface area contributed by atoms with Crippen LogP contribution < -0.4 is 0 Å². The molecule has 0 aromatic heterocycles. The van der Waals surface area contributed by atoms with E-state index < -0.39 is 0 Å². The van der Waals surface area contributed by atoms with E-state index in [0.29, 0.717) is 36.9 Å². The van der Waals surface area contributed by atoms with Crippen LogP contribution in [0.4, 0.5) is 0 Å². The minimum absolute atomic E-state index is 0.196. The molecule has 0 radical (unpaired) electrons. The molecule has 4 heteroatoms. The first-order valence-corrected chi connectivity index (χ1v) is 8.83. The molecule has 4 nitrogen and oxygen atoms in total. The summed E-state index contributed by atoms with van der Waals surface area (Å²) >= 11 is 0. The van der Waals surface area contributed by atoms with E-state index in [2.05, 4.69) is 0 Å². The van der Waals surface area contributed by atoms with Gasteiger partial charge in [-0.25, -0.2) is 0 Å². The van der Waals surface area contributed by atoms with E-state index in [-0.39, 0.29) is 11.9 Å². The predicted molar refractivity (Wildman–Crippen MR) is 79.7 cm³/mol. The molecule has 0 N–H and O–H groups in total. The molecule has 4 rings (SSSR count). The molecule has 4 bridgehead atoms. The van der Waals surface area contributed by atoms with Crippen LogP contribution in [0.5, 0.6) is 0 Å². The Morgan fingerprint density at radius 3 is 1.68 bits per heavy atom. The second-order valence-electron chi connectivity index (χ2n) is 7.98. The lowest BCUT2D eigenvalue weighted by molar-refractivity contribution is -0.149. The Hall–Kier alpha value is -1.06. The highest BCUT2D eigenvalue weighted by Gasteiger charge is 2.65. The van der Waals surface area contributed by atoms with E-state index in [1.165, 1.54) is 39.5 Å². The van der Waals surface area contributed by atoms with Gasteiger partial charge in [-0.2, -0.15) is 0 Å². The van der Waals surface area contributed by atoms with E-state index in [4.69, 9.17) is 9.47 Å². The smallest absolute Gasteiger partial charge is 0.302 e. The van der Waals surface area contributed by atoms with Crippen LogP contribution >= 0.6 is 0 Å². The summed E-state index contributed by atoms with van der Waals surface area (Å²) < 4.78 is 10.7. The largest absolute Gasteiger partial charge is 0.466 e. The zero-order chi connectivity index (χ0) is 15.4. The second-order valence-corrected chi connectivity index (χ2v) is 7.98. The lowest BCUT2D eigenvalue weighted by Gasteiger charge is -2.42. The van der Waals surface area contributed by atoms with Crippen LogP contribution in [0.15, 0.2) is 0 Å². The average Bonchev–Trinajstić information content (AvgIpc) is 3.19. The van der Waals surface area contributed by atoms with Crippen LogP contribution in [0.1, 0.15) is 39.5 Å². The van der Waals surface area contributed by atoms with Crippen molar-refractivity contribution in [3.63, 3.8) is 0 Å². The number of ether oxygens (including phenoxy) is 2. The normalized spacial score (nSPS) is 47.5. The van der Waals surface area contributed by atoms with Gasteiger partial charge in [-0.15, -0.1) is 0 Å². The van der Waals surface area contributed by atoms with E-state index in [9.17, 15) is 9.59 Å². The molecule has 8 unspecified atom stereocenters. The maximum atomic E-state index is 11.2. The van der Waals surface area contributed by atoms with Gasteiger partial charge in [0, 0.05) is 25.7 Å². The van der Waals surface area contributed by atoms with Gasteiger partial charge in [-0.1, -0.05) is 0 Å². The SMILES string of the molecule is CC(=O)OCC1C(COC(C)=O)C2CC1C1C3CCC(C3)C21. The first-order chi connectivity index (χ1) is 10.6. The third-order valence-corrected chi connectivity index (χ3v) is 7.19. The van der Waals surface area contributed by atoms with Crippen molar-refractivity contribution in [2.75, 3.05) is 13.2 Å². The summed E-state index contributed by atoms with van der Waals surface area (Å²) in [4.78, 5) is 22.5. The molecule has 8 atom stereocenters. The van der Waals surface area contributed by atoms with Crippen molar-refractivity contribution in [2.24, 2.45) is 47.3 Å². The Labute approximate surface area is 131 Å². The molecule has 0 saturated heterocycles. The van der Waals surface area contributed by atoms with Crippen molar-refractivity contribution in [1.29, 1.82) is 0 Å². The average molecular weight is 306 g/mol. The Kier molecular flexibility index (Phi) is 3.46. The molecule has 0 aromatic carbocycles. The van der Waals surface area contributed by atoms with Crippen LogP contribution in [0.25, 0.3) is 0 Å². The zero-order valence-electron chi connectivity index (χ0n) is 13.5. The highest BCUT2D eigenvalue weighted by atomic mass is 16.5. The predicted octanol–water partition coefficient (Wildman–Crippen LogP) is 2.66. The molecule has 0 heterocycles. The third kappa shape index (κ3) is 2.10. The van der Waals surface area contributed by atoms with Gasteiger partial charge in [0.1, 0.15) is 0 Å². The highest BCUT2D eigenvalue weighted by molar-refractivity contribution is 5.66. The third-order valence-electron chi connectivity index (χ3n) is 7.19. The summed E-state index contributed by atoms with van der Waals surface area (Å²) in [6.07, 6.45) is 5.50. The number of carbonyl (C=O) groups excluding carboxylic acids is 2. The lowest BCUT2D eigenvalue weighted by atomic mass is 9.63. The fraction of sp³-hybridized carbons (Fsp3) is 0.889. The molecule has 22 heavy (non-hydrogen) atoms. The molecule has 4 aliphatic rings. The summed E-state index contributed by atoms with van der Waals surface area (Å²) in [5.41, 5.74) is 0. The molecular weight excluding hydrogens is 280 g/mol. The Morgan fingerprint density at radius 1 is 0.818 bits per heavy atom. The van der Waals surface area contributed by atoms with Crippen molar-refractivity contribution in [1.82, 2.24) is 0 Å². The van der Waals surface area contributed by atoms with Crippen LogP contribution in [0.2, 0.25) is 0 Å². The molecule has 0 spiro atoms. The Morgan fingerprint density at radius 2 is 1.27 bits per heavy atom. The highest BCUT2D eigenvalue weighted by Crippen LogP contribution is 2.70. The molecule has 4 aliphatic carbocycles. The van der Waals surface area contributed by atoms with Crippen molar-refractivity contribution < 1.29 is 19.1 Å². The first kappa shape index (κ1) is 14.5. The molecule has 0 aromatic rings. The fourth-order valence-corrected chi connectivity index (χ4v) is 6.76. The van der Waals surface area contributed by atoms with Crippen LogP contribution in [0.3, 0.4) is 0 Å². The first-order valence-electron chi connectivity index (χ1n) is 8.83. The number of hydrogen-bond donors (Lipinski definition) is 0. The van der Waals surface area contributed by atoms with Crippen molar-refractivity contribution in [2.45, 2.75) is 39.5 Å². The molecule has 4 saturated carbocycles. The van der Waals surface area contributed by atoms with Crippen molar-refractivity contribution in [3.8, 4) is 0 Å². The Bertz CT molecular complexity index is 445. The zero-order valence-corrected chi connectivity index (χ0v) is 13.5. The van der Waals surface area contributed by atoms with Crippen LogP contribution in [0, 0.1) is 47.3 Å². The Balaban J connectivity index is 1.53. The quantitative estimate of drug-likeness (QED) is 0.592. The van der Waals surface area contributed by atoms with Gasteiger partial charge in [0.25, 0.3) is 0 Å². The standard InChI is InChI=1S/C18H26O4/c1-9(19)21-7-15-13-6-14(16(15)8-22-10(2)20)18-12-4-3-11(5-12)17(13)18/h11-18H,3-8H2,1-2H3. The fourth-order valence-electron chi connectivity index (χ4n) is 6.76. The molecule has 4 fully saturated rings. The number of fused-ring (bicyclic) bond motifs is 9. The number of esters is 2. The van der Waals surface area contributed by atoms with Crippen LogP contribution in [-0.4, -0.2) is 25.2 Å². The van der Waals surface area contributed by atoms with Crippen LogP contribution in [-0.2, 0) is 19.1 Å². The summed E-state index contributed by atoms with van der Waals surface area (Å²) in [7, 11) is 0. The second kappa shape index (κ2) is 5.24. The van der Waals surface area contributed by atoms with Gasteiger partial charge in [0.15, 0.2) is 0 Å². The minimum atomic E-state index is -0.196. The van der Waals surface area contributed by atoms with E-state index in [0.717, 1.165) is 23.7 Å². The van der Waals surface area contributed by atoms with Gasteiger partial charge < -0.3 is 9.47 Å². The summed E-state index contributed by atoms with van der Waals surface area (Å²) in [6.45, 7) is 4.00. The van der Waals surface area contributed by atoms with Gasteiger partial charge in [-0.3, -0.25) is 9.59 Å². The summed E-state index contributed by atoms with van der Waals surface area (Å²) in [5, 5.41) is 0. The van der Waals surface area contributed by atoms with Crippen molar-refractivity contribution >= 4 is 11.9 Å². The van der Waals surface area contributed by atoms with E-state index >= 15 is 0 Å². The maximum Gasteiger partial charge on any atom is 0.302 e. The number of hydrogen-bond acceptors (Lipinski definition) is 4. The molecule has 122 valence electrons. The molecule has 0 amide bonds. The van der Waals surface area contributed by atoms with E-state index in [1.54, 1.807) is 0 Å². The van der Waals surface area contributed by atoms with Gasteiger partial charge in [0.2, 0.25) is 0 Å². The van der Waals surface area contributed by atoms with Crippen molar-refractivity contribution in [3.05, 3.63) is 0 Å². The number of rotatable bonds is 4. The summed E-state index contributed by atoms with van der Waals surface area (Å²) in [6, 6.07) is 0. The van der Waals surface area contributed by atoms with Gasteiger partial charge in [-0.05, 0) is 61.2 Å². The maximum absolute atomic E-state index is 11.2. The summed E-state index contributed by atoms with van der Waals surface area (Å²) in [5.74, 6) is 5.32. The van der Waals surface area contributed by atoms with Gasteiger partial charge in [0.05, 0.1) is 13.2 Å². The van der Waals surface area contributed by atoms with E-state index in [1.807, 2.05) is 0 Å². The minimum Gasteiger partial charge on any atom is -0.466 e. The lowest BCUT2D eigenvalue weighted by Crippen LogP contribution is -2.42. The van der Waals surface area contributed by atoms with Gasteiger partial charge >= 0.3 is 11.9 Å². The topological polar surface area (TPSA) is 52.6 Å². The monoisotopic (exact) mass is 306 g/mol. The molecule has 0 aliphatic heterocycles. The number of carbonyl (C=O) groups is 2. The molecular formula is C18H26O4.